The Morgan fingerprint density at radius 3 is 1.76 bits per heavy atom. The van der Waals surface area contributed by atoms with Crippen molar-refractivity contribution in [1.29, 1.82) is 0 Å². The summed E-state index contributed by atoms with van der Waals surface area (Å²) < 4.78 is 26.5. The van der Waals surface area contributed by atoms with Crippen LogP contribution < -0.4 is 0 Å². The minimum atomic E-state index is -1.14. The predicted octanol–water partition coefficient (Wildman–Crippen LogP) is 0.432. The van der Waals surface area contributed by atoms with E-state index in [1.807, 2.05) is 0 Å². The maximum Gasteiger partial charge on any atom is 0.303 e. The van der Waals surface area contributed by atoms with Crippen LogP contribution in [0.1, 0.15) is 27.7 Å². The Labute approximate surface area is 149 Å². The van der Waals surface area contributed by atoms with E-state index < -0.39 is 48.6 Å². The molecule has 0 aromatic rings. The summed E-state index contributed by atoms with van der Waals surface area (Å²) in [6.45, 7) is 4.92. The Kier molecular flexibility index (Phi) is 8.33. The molecule has 0 amide bonds. The number of ether oxygens (including phenoxy) is 5. The van der Waals surface area contributed by atoms with E-state index in [1.54, 1.807) is 0 Å². The number of rotatable bonds is 6. The third-order valence-electron chi connectivity index (χ3n) is 3.18. The first-order chi connectivity index (χ1) is 11.6. The van der Waals surface area contributed by atoms with E-state index in [4.69, 9.17) is 23.7 Å². The van der Waals surface area contributed by atoms with E-state index in [0.29, 0.717) is 0 Å². The van der Waals surface area contributed by atoms with Crippen LogP contribution in [0.4, 0.5) is 0 Å². The zero-order chi connectivity index (χ0) is 19.1. The van der Waals surface area contributed by atoms with Crippen molar-refractivity contribution in [2.24, 2.45) is 0 Å². The molecule has 0 spiro atoms. The first-order valence-corrected chi connectivity index (χ1v) is 8.47. The second kappa shape index (κ2) is 9.73. The van der Waals surface area contributed by atoms with Crippen LogP contribution in [0.25, 0.3) is 0 Å². The van der Waals surface area contributed by atoms with Crippen molar-refractivity contribution < 1.29 is 42.9 Å². The summed E-state index contributed by atoms with van der Waals surface area (Å²) in [5.74, 6) is -1.81. The van der Waals surface area contributed by atoms with Gasteiger partial charge in [-0.1, -0.05) is 11.8 Å². The van der Waals surface area contributed by atoms with Gasteiger partial charge >= 0.3 is 17.9 Å². The second-order valence-electron chi connectivity index (χ2n) is 5.30. The van der Waals surface area contributed by atoms with E-state index in [2.05, 4.69) is 0 Å². The lowest BCUT2D eigenvalue weighted by molar-refractivity contribution is -0.293. The van der Waals surface area contributed by atoms with Crippen molar-refractivity contribution in [2.45, 2.75) is 58.4 Å². The number of esters is 3. The molecule has 0 radical (unpaired) electrons. The lowest BCUT2D eigenvalue weighted by Crippen LogP contribution is -2.62. The monoisotopic (exact) mass is 378 g/mol. The van der Waals surface area contributed by atoms with Gasteiger partial charge in [0, 0.05) is 40.6 Å². The van der Waals surface area contributed by atoms with Gasteiger partial charge in [-0.05, 0) is 0 Å². The molecule has 5 atom stereocenters. The molecule has 0 aromatic heterocycles. The molecule has 1 heterocycles. The van der Waals surface area contributed by atoms with E-state index >= 15 is 0 Å². The third-order valence-corrected chi connectivity index (χ3v) is 4.08. The van der Waals surface area contributed by atoms with Crippen LogP contribution in [-0.2, 0) is 42.9 Å². The molecular weight excluding hydrogens is 356 g/mol. The Morgan fingerprint density at radius 2 is 1.32 bits per heavy atom. The van der Waals surface area contributed by atoms with Gasteiger partial charge in [0.1, 0.15) is 6.10 Å². The molecule has 1 aliphatic rings. The van der Waals surface area contributed by atoms with Crippen molar-refractivity contribution in [3.63, 3.8) is 0 Å². The van der Waals surface area contributed by atoms with Gasteiger partial charge in [0.2, 0.25) is 0 Å². The molecule has 0 aromatic carbocycles. The van der Waals surface area contributed by atoms with Gasteiger partial charge in [0.15, 0.2) is 29.7 Å². The Bertz CT molecular complexity index is 521. The second-order valence-corrected chi connectivity index (χ2v) is 6.50. The summed E-state index contributed by atoms with van der Waals surface area (Å²) in [6, 6.07) is 0. The molecule has 25 heavy (non-hydrogen) atoms. The van der Waals surface area contributed by atoms with Gasteiger partial charge in [-0.25, -0.2) is 0 Å². The highest BCUT2D eigenvalue weighted by molar-refractivity contribution is 8.13. The number of carbonyl (C=O) groups excluding carboxylic acids is 4. The van der Waals surface area contributed by atoms with E-state index in [0.717, 1.165) is 11.8 Å². The molecule has 1 aliphatic heterocycles. The molecule has 0 N–H and O–H groups in total. The van der Waals surface area contributed by atoms with Crippen molar-refractivity contribution >= 4 is 34.8 Å². The van der Waals surface area contributed by atoms with Gasteiger partial charge in [0.25, 0.3) is 0 Å². The molecule has 9 nitrogen and oxygen atoms in total. The Hall–Kier alpha value is -1.65. The van der Waals surface area contributed by atoms with Crippen molar-refractivity contribution in [2.75, 3.05) is 12.9 Å². The highest BCUT2D eigenvalue weighted by atomic mass is 32.2. The first kappa shape index (κ1) is 21.4. The summed E-state index contributed by atoms with van der Waals surface area (Å²) in [7, 11) is 1.33. The summed E-state index contributed by atoms with van der Waals surface area (Å²) in [5.41, 5.74) is 0. The van der Waals surface area contributed by atoms with Crippen LogP contribution in [0.15, 0.2) is 0 Å². The number of carbonyl (C=O) groups is 4. The molecule has 0 bridgehead atoms. The van der Waals surface area contributed by atoms with E-state index in [1.165, 1.54) is 34.8 Å². The Morgan fingerprint density at radius 1 is 0.840 bits per heavy atom. The number of thioether (sulfide) groups is 1. The minimum absolute atomic E-state index is 0.137. The molecule has 0 aliphatic carbocycles. The summed E-state index contributed by atoms with van der Waals surface area (Å²) in [5, 5.41) is -0.162. The van der Waals surface area contributed by atoms with E-state index in [9.17, 15) is 19.2 Å². The number of hydrogen-bond acceptors (Lipinski definition) is 10. The maximum absolute atomic E-state index is 11.5. The fourth-order valence-corrected chi connectivity index (χ4v) is 3.05. The van der Waals surface area contributed by atoms with Gasteiger partial charge < -0.3 is 23.7 Å². The van der Waals surface area contributed by atoms with Crippen molar-refractivity contribution in [1.82, 2.24) is 0 Å². The molecule has 0 unspecified atom stereocenters. The Balaban J connectivity index is 3.18. The van der Waals surface area contributed by atoms with Crippen LogP contribution in [0, 0.1) is 0 Å². The quantitative estimate of drug-likeness (QED) is 0.476. The van der Waals surface area contributed by atoms with Gasteiger partial charge in [-0.3, -0.25) is 19.2 Å². The minimum Gasteiger partial charge on any atom is -0.456 e. The normalized spacial score (nSPS) is 28.8. The molecule has 142 valence electrons. The zero-order valence-corrected chi connectivity index (χ0v) is 15.5. The first-order valence-electron chi connectivity index (χ1n) is 7.49. The summed E-state index contributed by atoms with van der Waals surface area (Å²) in [4.78, 5) is 45.6. The molecule has 10 heteroatoms. The molecule has 0 saturated carbocycles. The van der Waals surface area contributed by atoms with Crippen molar-refractivity contribution in [3.05, 3.63) is 0 Å². The average molecular weight is 378 g/mol. The lowest BCUT2D eigenvalue weighted by atomic mass is 9.98. The van der Waals surface area contributed by atoms with Gasteiger partial charge in [-0.2, -0.15) is 0 Å². The topological polar surface area (TPSA) is 114 Å². The smallest absolute Gasteiger partial charge is 0.303 e. The van der Waals surface area contributed by atoms with Crippen molar-refractivity contribution in [3.8, 4) is 0 Å². The zero-order valence-electron chi connectivity index (χ0n) is 14.7. The lowest BCUT2D eigenvalue weighted by Gasteiger charge is -2.43. The molecule has 1 fully saturated rings. The van der Waals surface area contributed by atoms with Crippen LogP contribution in [0.5, 0.6) is 0 Å². The van der Waals surface area contributed by atoms with Crippen LogP contribution in [-0.4, -0.2) is 66.6 Å². The average Bonchev–Trinajstić information content (AvgIpc) is 2.48. The van der Waals surface area contributed by atoms with E-state index in [-0.39, 0.29) is 10.9 Å². The van der Waals surface area contributed by atoms with Crippen LogP contribution >= 0.6 is 11.8 Å². The fraction of sp³-hybridized carbons (Fsp3) is 0.733. The highest BCUT2D eigenvalue weighted by Gasteiger charge is 2.52. The molecule has 1 rings (SSSR count). The van der Waals surface area contributed by atoms with Crippen LogP contribution in [0.3, 0.4) is 0 Å². The maximum atomic E-state index is 11.5. The number of hydrogen-bond donors (Lipinski definition) is 0. The SMILES string of the molecule is CO[C@H]1O[C@H](CSC(C)=O)[C@@H](OC(C)=O)[C@H](OC(C)=O)[C@@H]1OC(C)=O. The molecule has 1 saturated heterocycles. The predicted molar refractivity (Wildman–Crippen MR) is 85.5 cm³/mol. The fourth-order valence-electron chi connectivity index (χ4n) is 2.38. The summed E-state index contributed by atoms with van der Waals surface area (Å²) >= 11 is 0.958. The third kappa shape index (κ3) is 6.63. The van der Waals surface area contributed by atoms with Crippen LogP contribution in [0.2, 0.25) is 0 Å². The standard InChI is InChI=1S/C15H22O9S/c1-7(16)21-12-11(6-25-10(4)19)24-15(20-5)14(23-9(3)18)13(12)22-8(2)17/h11-15H,6H2,1-5H3/t11-,12-,13+,14+,15+/m1/s1. The number of methoxy groups -OCH3 is 1. The largest absolute Gasteiger partial charge is 0.456 e. The van der Waals surface area contributed by atoms with Gasteiger partial charge in [0.05, 0.1) is 0 Å². The summed E-state index contributed by atoms with van der Waals surface area (Å²) in [6.07, 6.45) is -5.20. The highest BCUT2D eigenvalue weighted by Crippen LogP contribution is 2.30. The van der Waals surface area contributed by atoms with Gasteiger partial charge in [-0.15, -0.1) is 0 Å². The molecular formula is C15H22O9S.